The van der Waals surface area contributed by atoms with Crippen molar-refractivity contribution < 1.29 is 9.53 Å². The van der Waals surface area contributed by atoms with Gasteiger partial charge >= 0.3 is 6.03 Å². The van der Waals surface area contributed by atoms with Gasteiger partial charge in [-0.3, -0.25) is 15.4 Å². The van der Waals surface area contributed by atoms with Crippen LogP contribution >= 0.6 is 0 Å². The number of rotatable bonds is 5. The summed E-state index contributed by atoms with van der Waals surface area (Å²) in [6, 6.07) is 7.27. The van der Waals surface area contributed by atoms with Crippen LogP contribution in [0.3, 0.4) is 0 Å². The average molecular weight is 377 g/mol. The van der Waals surface area contributed by atoms with E-state index in [2.05, 4.69) is 35.8 Å². The van der Waals surface area contributed by atoms with Gasteiger partial charge in [-0.25, -0.2) is 9.78 Å². The largest absolute Gasteiger partial charge is 0.494 e. The van der Waals surface area contributed by atoms with Crippen molar-refractivity contribution >= 4 is 23.0 Å². The molecule has 4 N–H and O–H groups in total. The first-order valence-corrected chi connectivity index (χ1v) is 8.76. The lowest BCUT2D eigenvalue weighted by Gasteiger charge is -2.09. The number of ether oxygens (including phenoxy) is 1. The molecule has 0 saturated heterocycles. The summed E-state index contributed by atoms with van der Waals surface area (Å²) in [6.45, 7) is 2.37. The first kappa shape index (κ1) is 17.5. The fraction of sp³-hybridized carbons (Fsp3) is 0.158. The molecule has 0 unspecified atom stereocenters. The Morgan fingerprint density at radius 1 is 1.29 bits per heavy atom. The van der Waals surface area contributed by atoms with Crippen LogP contribution in [0.5, 0.6) is 5.75 Å². The van der Waals surface area contributed by atoms with Crippen LogP contribution in [0.15, 0.2) is 42.9 Å². The van der Waals surface area contributed by atoms with Crippen molar-refractivity contribution in [2.45, 2.75) is 6.92 Å². The number of hydrogen-bond donors (Lipinski definition) is 4. The Morgan fingerprint density at radius 3 is 2.93 bits per heavy atom. The van der Waals surface area contributed by atoms with E-state index in [-0.39, 0.29) is 6.03 Å². The highest BCUT2D eigenvalue weighted by molar-refractivity contribution is 5.98. The van der Waals surface area contributed by atoms with Crippen LogP contribution in [0.25, 0.3) is 33.4 Å². The molecule has 0 aliphatic carbocycles. The molecule has 0 radical (unpaired) electrons. The number of aromatic nitrogens is 5. The van der Waals surface area contributed by atoms with E-state index in [1.54, 1.807) is 19.5 Å². The zero-order chi connectivity index (χ0) is 19.5. The van der Waals surface area contributed by atoms with Crippen LogP contribution in [0.4, 0.5) is 10.7 Å². The van der Waals surface area contributed by atoms with Crippen LogP contribution in [0, 0.1) is 0 Å². The molecule has 142 valence electrons. The zero-order valence-corrected chi connectivity index (χ0v) is 15.4. The maximum absolute atomic E-state index is 11.9. The molecule has 4 rings (SSSR count). The van der Waals surface area contributed by atoms with Crippen molar-refractivity contribution in [3.05, 3.63) is 42.9 Å². The van der Waals surface area contributed by atoms with Gasteiger partial charge in [-0.15, -0.1) is 0 Å². The molecule has 0 saturated carbocycles. The minimum atomic E-state index is -0.325. The molecule has 0 spiro atoms. The second-order valence-corrected chi connectivity index (χ2v) is 6.03. The van der Waals surface area contributed by atoms with Crippen LogP contribution in [0.1, 0.15) is 6.92 Å². The number of amides is 2. The number of carbonyl (C=O) groups is 1. The lowest BCUT2D eigenvalue weighted by molar-refractivity contribution is 0.252. The minimum absolute atomic E-state index is 0.325. The maximum atomic E-state index is 11.9. The fourth-order valence-corrected chi connectivity index (χ4v) is 3.00. The number of anilines is 1. The minimum Gasteiger partial charge on any atom is -0.494 e. The van der Waals surface area contributed by atoms with Crippen molar-refractivity contribution in [2.24, 2.45) is 0 Å². The molecule has 4 aromatic rings. The van der Waals surface area contributed by atoms with Gasteiger partial charge in [0.05, 0.1) is 18.8 Å². The lowest BCUT2D eigenvalue weighted by Crippen LogP contribution is -2.28. The molecule has 0 aliphatic rings. The number of urea groups is 1. The van der Waals surface area contributed by atoms with Gasteiger partial charge in [0.1, 0.15) is 17.0 Å². The van der Waals surface area contributed by atoms with Crippen LogP contribution in [0.2, 0.25) is 0 Å². The van der Waals surface area contributed by atoms with E-state index in [1.165, 1.54) is 0 Å². The standard InChI is InChI=1S/C19H19N7O2/c1-3-20-19(27)26-18-24-14-8-11(12-9-22-23-10-12)7-13(16(14)25-18)17-15(28-2)5-4-6-21-17/h4-10H,3H2,1-2H3,(H,22,23)(H3,20,24,25,26,27). The Balaban J connectivity index is 1.90. The summed E-state index contributed by atoms with van der Waals surface area (Å²) in [6.07, 6.45) is 5.25. The van der Waals surface area contributed by atoms with Gasteiger partial charge in [0, 0.05) is 30.1 Å². The molecule has 28 heavy (non-hydrogen) atoms. The average Bonchev–Trinajstić information content (AvgIpc) is 3.36. The number of nitrogens with zero attached hydrogens (tertiary/aromatic N) is 3. The van der Waals surface area contributed by atoms with Crippen LogP contribution in [-0.2, 0) is 0 Å². The summed E-state index contributed by atoms with van der Waals surface area (Å²) < 4.78 is 5.48. The molecule has 9 nitrogen and oxygen atoms in total. The second kappa shape index (κ2) is 7.39. The molecule has 3 heterocycles. The van der Waals surface area contributed by atoms with Crippen molar-refractivity contribution in [2.75, 3.05) is 19.0 Å². The third kappa shape index (κ3) is 3.25. The summed E-state index contributed by atoms with van der Waals surface area (Å²) in [5.41, 5.74) is 4.73. The van der Waals surface area contributed by atoms with E-state index in [4.69, 9.17) is 4.74 Å². The van der Waals surface area contributed by atoms with E-state index >= 15 is 0 Å². The highest BCUT2D eigenvalue weighted by atomic mass is 16.5. The van der Waals surface area contributed by atoms with Crippen molar-refractivity contribution in [1.29, 1.82) is 0 Å². The van der Waals surface area contributed by atoms with Gasteiger partial charge < -0.3 is 15.0 Å². The van der Waals surface area contributed by atoms with Gasteiger partial charge in [-0.05, 0) is 36.8 Å². The molecule has 3 aromatic heterocycles. The Bertz CT molecular complexity index is 1120. The number of benzene rings is 1. The highest BCUT2D eigenvalue weighted by Crippen LogP contribution is 2.36. The normalized spacial score (nSPS) is 10.8. The smallest absolute Gasteiger partial charge is 0.321 e. The molecule has 0 fully saturated rings. The molecular weight excluding hydrogens is 358 g/mol. The van der Waals surface area contributed by atoms with Gasteiger partial charge in [0.15, 0.2) is 0 Å². The monoisotopic (exact) mass is 377 g/mol. The Hall–Kier alpha value is -3.88. The molecule has 2 amide bonds. The lowest BCUT2D eigenvalue weighted by atomic mass is 10.0. The van der Waals surface area contributed by atoms with Gasteiger partial charge in [-0.2, -0.15) is 5.10 Å². The van der Waals surface area contributed by atoms with E-state index in [1.807, 2.05) is 37.4 Å². The number of nitrogens with one attached hydrogen (secondary N) is 4. The topological polar surface area (TPSA) is 121 Å². The second-order valence-electron chi connectivity index (χ2n) is 6.03. The summed E-state index contributed by atoms with van der Waals surface area (Å²) in [5.74, 6) is 0.982. The van der Waals surface area contributed by atoms with Crippen molar-refractivity contribution in [3.63, 3.8) is 0 Å². The van der Waals surface area contributed by atoms with Crippen LogP contribution < -0.4 is 15.4 Å². The SMILES string of the molecule is CCNC(=O)Nc1nc2c(-c3ncccc3OC)cc(-c3cn[nH]c3)cc2[nH]1. The predicted octanol–water partition coefficient (Wildman–Crippen LogP) is 3.17. The summed E-state index contributed by atoms with van der Waals surface area (Å²) in [7, 11) is 1.60. The number of H-pyrrole nitrogens is 2. The Morgan fingerprint density at radius 2 is 2.18 bits per heavy atom. The molecule has 0 atom stereocenters. The maximum Gasteiger partial charge on any atom is 0.321 e. The number of imidazole rings is 1. The van der Waals surface area contributed by atoms with E-state index in [9.17, 15) is 4.79 Å². The number of hydrogen-bond acceptors (Lipinski definition) is 5. The molecule has 0 aliphatic heterocycles. The summed E-state index contributed by atoms with van der Waals surface area (Å²) in [4.78, 5) is 24.1. The Labute approximate surface area is 160 Å². The summed E-state index contributed by atoms with van der Waals surface area (Å²) >= 11 is 0. The van der Waals surface area contributed by atoms with E-state index in [0.29, 0.717) is 29.5 Å². The number of pyridine rings is 1. The van der Waals surface area contributed by atoms with E-state index in [0.717, 1.165) is 22.2 Å². The highest BCUT2D eigenvalue weighted by Gasteiger charge is 2.17. The number of methoxy groups -OCH3 is 1. The first-order chi connectivity index (χ1) is 13.7. The molecular formula is C19H19N7O2. The number of carbonyl (C=O) groups excluding carboxylic acids is 1. The fourth-order valence-electron chi connectivity index (χ4n) is 3.00. The van der Waals surface area contributed by atoms with Gasteiger partial charge in [0.25, 0.3) is 0 Å². The number of aromatic amines is 2. The molecule has 1 aromatic carbocycles. The molecule has 0 bridgehead atoms. The van der Waals surface area contributed by atoms with Gasteiger partial charge in [-0.1, -0.05) is 0 Å². The Kier molecular flexibility index (Phi) is 4.63. The first-order valence-electron chi connectivity index (χ1n) is 8.76. The zero-order valence-electron chi connectivity index (χ0n) is 15.4. The predicted molar refractivity (Wildman–Crippen MR) is 106 cm³/mol. The summed E-state index contributed by atoms with van der Waals surface area (Å²) in [5, 5.41) is 12.2. The third-order valence-electron chi connectivity index (χ3n) is 4.23. The van der Waals surface area contributed by atoms with Crippen LogP contribution in [-0.4, -0.2) is 44.8 Å². The van der Waals surface area contributed by atoms with E-state index < -0.39 is 0 Å². The van der Waals surface area contributed by atoms with Crippen molar-refractivity contribution in [1.82, 2.24) is 30.5 Å². The number of fused-ring (bicyclic) bond motifs is 1. The quantitative estimate of drug-likeness (QED) is 0.426. The third-order valence-corrected chi connectivity index (χ3v) is 4.23. The molecule has 9 heteroatoms. The van der Waals surface area contributed by atoms with Gasteiger partial charge in [0.2, 0.25) is 5.95 Å². The van der Waals surface area contributed by atoms with Crippen molar-refractivity contribution in [3.8, 4) is 28.1 Å².